The molecule has 0 atom stereocenters. The van der Waals surface area contributed by atoms with Gasteiger partial charge in [-0.3, -0.25) is 4.79 Å². The van der Waals surface area contributed by atoms with Gasteiger partial charge in [0, 0.05) is 16.6 Å². The van der Waals surface area contributed by atoms with Crippen LogP contribution in [0.2, 0.25) is 0 Å². The van der Waals surface area contributed by atoms with Crippen LogP contribution in [-0.2, 0) is 0 Å². The minimum absolute atomic E-state index is 0.211. The standard InChI is InChI=1S/C20H21NO2/c1-11-6-7-16(8-12(11)2)21-20(22)19-15(5)17-9-13(3)14(4)10-18(17)23-19/h6-10H,1-5H3,(H,21,22). The molecule has 1 N–H and O–H groups in total. The summed E-state index contributed by atoms with van der Waals surface area (Å²) in [5.41, 5.74) is 7.13. The molecule has 0 aliphatic carbocycles. The molecule has 3 aromatic rings. The van der Waals surface area contributed by atoms with E-state index >= 15 is 0 Å². The molecule has 23 heavy (non-hydrogen) atoms. The van der Waals surface area contributed by atoms with Crippen LogP contribution in [0.15, 0.2) is 34.7 Å². The molecule has 1 aromatic heterocycles. The topological polar surface area (TPSA) is 42.2 Å². The van der Waals surface area contributed by atoms with E-state index in [-0.39, 0.29) is 5.91 Å². The molecule has 0 spiro atoms. The van der Waals surface area contributed by atoms with Crippen molar-refractivity contribution < 1.29 is 9.21 Å². The molecule has 0 bridgehead atoms. The Balaban J connectivity index is 1.97. The zero-order valence-electron chi connectivity index (χ0n) is 14.2. The number of benzene rings is 2. The molecule has 0 aliphatic rings. The largest absolute Gasteiger partial charge is 0.451 e. The van der Waals surface area contributed by atoms with Gasteiger partial charge in [-0.05, 0) is 81.1 Å². The third kappa shape index (κ3) is 2.74. The smallest absolute Gasteiger partial charge is 0.291 e. The van der Waals surface area contributed by atoms with Crippen molar-refractivity contribution in [1.82, 2.24) is 0 Å². The molecule has 0 unspecified atom stereocenters. The number of hydrogen-bond donors (Lipinski definition) is 1. The van der Waals surface area contributed by atoms with Gasteiger partial charge in [-0.25, -0.2) is 0 Å². The Morgan fingerprint density at radius 2 is 1.52 bits per heavy atom. The molecule has 118 valence electrons. The zero-order valence-corrected chi connectivity index (χ0v) is 14.2. The van der Waals surface area contributed by atoms with E-state index < -0.39 is 0 Å². The summed E-state index contributed by atoms with van der Waals surface area (Å²) in [5, 5.41) is 3.92. The molecule has 3 nitrogen and oxygen atoms in total. The number of carbonyl (C=O) groups excluding carboxylic acids is 1. The Bertz CT molecular complexity index is 919. The van der Waals surface area contributed by atoms with Crippen LogP contribution in [0.25, 0.3) is 11.0 Å². The average Bonchev–Trinajstić information content (AvgIpc) is 2.80. The summed E-state index contributed by atoms with van der Waals surface area (Å²) in [6, 6.07) is 9.95. The van der Waals surface area contributed by atoms with Crippen molar-refractivity contribution >= 4 is 22.6 Å². The lowest BCUT2D eigenvalue weighted by Crippen LogP contribution is -2.12. The number of amides is 1. The fourth-order valence-electron chi connectivity index (χ4n) is 2.70. The summed E-state index contributed by atoms with van der Waals surface area (Å²) in [6.07, 6.45) is 0. The number of anilines is 1. The Morgan fingerprint density at radius 3 is 2.22 bits per heavy atom. The minimum atomic E-state index is -0.211. The first kappa shape index (κ1) is 15.3. The van der Waals surface area contributed by atoms with Gasteiger partial charge < -0.3 is 9.73 Å². The number of furan rings is 1. The van der Waals surface area contributed by atoms with Crippen molar-refractivity contribution in [3.63, 3.8) is 0 Å². The lowest BCUT2D eigenvalue weighted by molar-refractivity contribution is 0.0998. The van der Waals surface area contributed by atoms with E-state index in [9.17, 15) is 4.79 Å². The third-order valence-corrected chi connectivity index (χ3v) is 4.52. The Labute approximate surface area is 136 Å². The summed E-state index contributed by atoms with van der Waals surface area (Å²) in [6.45, 7) is 10.1. The lowest BCUT2D eigenvalue weighted by atomic mass is 10.0. The van der Waals surface area contributed by atoms with Gasteiger partial charge in [0.1, 0.15) is 5.58 Å². The van der Waals surface area contributed by atoms with E-state index in [1.807, 2.05) is 45.0 Å². The minimum Gasteiger partial charge on any atom is -0.451 e. The Kier molecular flexibility index (Phi) is 3.72. The number of fused-ring (bicyclic) bond motifs is 1. The second-order valence-electron chi connectivity index (χ2n) is 6.24. The van der Waals surface area contributed by atoms with Crippen molar-refractivity contribution in [2.45, 2.75) is 34.6 Å². The summed E-state index contributed by atoms with van der Waals surface area (Å²) < 4.78 is 5.81. The summed E-state index contributed by atoms with van der Waals surface area (Å²) in [5.74, 6) is 0.167. The molecule has 1 heterocycles. The van der Waals surface area contributed by atoms with Gasteiger partial charge >= 0.3 is 0 Å². The van der Waals surface area contributed by atoms with E-state index in [1.54, 1.807) is 0 Å². The second-order valence-corrected chi connectivity index (χ2v) is 6.24. The van der Waals surface area contributed by atoms with Crippen LogP contribution >= 0.6 is 0 Å². The Hall–Kier alpha value is -2.55. The van der Waals surface area contributed by atoms with Gasteiger partial charge in [0.05, 0.1) is 0 Å². The van der Waals surface area contributed by atoms with Crippen molar-refractivity contribution in [2.24, 2.45) is 0 Å². The lowest BCUT2D eigenvalue weighted by Gasteiger charge is -2.06. The highest BCUT2D eigenvalue weighted by molar-refractivity contribution is 6.06. The maximum Gasteiger partial charge on any atom is 0.291 e. The van der Waals surface area contributed by atoms with Gasteiger partial charge in [-0.15, -0.1) is 0 Å². The van der Waals surface area contributed by atoms with Gasteiger partial charge in [0.15, 0.2) is 5.76 Å². The first-order valence-corrected chi connectivity index (χ1v) is 7.76. The summed E-state index contributed by atoms with van der Waals surface area (Å²) in [4.78, 5) is 12.6. The predicted octanol–water partition coefficient (Wildman–Crippen LogP) is 5.23. The number of nitrogens with one attached hydrogen (secondary N) is 1. The molecule has 3 heteroatoms. The number of aryl methyl sites for hydroxylation is 5. The maximum absolute atomic E-state index is 12.6. The van der Waals surface area contributed by atoms with Gasteiger partial charge in [-0.1, -0.05) is 6.07 Å². The monoisotopic (exact) mass is 307 g/mol. The average molecular weight is 307 g/mol. The summed E-state index contributed by atoms with van der Waals surface area (Å²) >= 11 is 0. The third-order valence-electron chi connectivity index (χ3n) is 4.52. The molecule has 0 radical (unpaired) electrons. The highest BCUT2D eigenvalue weighted by Gasteiger charge is 2.18. The second kappa shape index (κ2) is 5.58. The molecule has 2 aromatic carbocycles. The van der Waals surface area contributed by atoms with Crippen LogP contribution in [-0.4, -0.2) is 5.91 Å². The Morgan fingerprint density at radius 1 is 0.870 bits per heavy atom. The van der Waals surface area contributed by atoms with E-state index in [0.717, 1.165) is 33.3 Å². The van der Waals surface area contributed by atoms with E-state index in [0.29, 0.717) is 5.76 Å². The first-order chi connectivity index (χ1) is 10.9. The van der Waals surface area contributed by atoms with Crippen molar-refractivity contribution in [3.05, 3.63) is 63.9 Å². The predicted molar refractivity (Wildman–Crippen MR) is 94.3 cm³/mol. The fraction of sp³-hybridized carbons (Fsp3) is 0.250. The molecule has 3 rings (SSSR count). The van der Waals surface area contributed by atoms with Crippen molar-refractivity contribution in [3.8, 4) is 0 Å². The summed E-state index contributed by atoms with van der Waals surface area (Å²) in [7, 11) is 0. The van der Waals surface area contributed by atoms with Crippen LogP contribution in [0.3, 0.4) is 0 Å². The molecule has 0 saturated heterocycles. The molecule has 0 aliphatic heterocycles. The van der Waals surface area contributed by atoms with Crippen LogP contribution in [0.1, 0.15) is 38.4 Å². The van der Waals surface area contributed by atoms with Crippen LogP contribution < -0.4 is 5.32 Å². The highest BCUT2D eigenvalue weighted by Crippen LogP contribution is 2.28. The molecule has 0 saturated carbocycles. The van der Waals surface area contributed by atoms with Gasteiger partial charge in [0.2, 0.25) is 0 Å². The van der Waals surface area contributed by atoms with Crippen molar-refractivity contribution in [1.29, 1.82) is 0 Å². The first-order valence-electron chi connectivity index (χ1n) is 7.76. The zero-order chi connectivity index (χ0) is 16.7. The van der Waals surface area contributed by atoms with Crippen LogP contribution in [0.5, 0.6) is 0 Å². The van der Waals surface area contributed by atoms with Gasteiger partial charge in [0.25, 0.3) is 5.91 Å². The number of hydrogen-bond acceptors (Lipinski definition) is 2. The maximum atomic E-state index is 12.6. The molecule has 0 fully saturated rings. The highest BCUT2D eigenvalue weighted by atomic mass is 16.3. The van der Waals surface area contributed by atoms with E-state index in [1.165, 1.54) is 11.1 Å². The molecular weight excluding hydrogens is 286 g/mol. The van der Waals surface area contributed by atoms with Crippen molar-refractivity contribution in [2.75, 3.05) is 5.32 Å². The van der Waals surface area contributed by atoms with E-state index in [4.69, 9.17) is 4.42 Å². The van der Waals surface area contributed by atoms with E-state index in [2.05, 4.69) is 25.2 Å². The van der Waals surface area contributed by atoms with Crippen LogP contribution in [0.4, 0.5) is 5.69 Å². The number of carbonyl (C=O) groups is 1. The van der Waals surface area contributed by atoms with Gasteiger partial charge in [-0.2, -0.15) is 0 Å². The normalized spacial score (nSPS) is 11.0. The quantitative estimate of drug-likeness (QED) is 0.704. The SMILES string of the molecule is Cc1ccc(NC(=O)c2oc3cc(C)c(C)cc3c2C)cc1C. The molecular formula is C20H21NO2. The number of rotatable bonds is 2. The fourth-order valence-corrected chi connectivity index (χ4v) is 2.70. The molecule has 1 amide bonds. The van der Waals surface area contributed by atoms with Crippen LogP contribution in [0, 0.1) is 34.6 Å².